The Kier molecular flexibility index (Phi) is 5.80. The normalized spacial score (nSPS) is 19.2. The summed E-state index contributed by atoms with van der Waals surface area (Å²) in [6.07, 6.45) is 6.75. The molecule has 3 aromatic rings. The van der Waals surface area contributed by atoms with E-state index in [9.17, 15) is 9.00 Å². The van der Waals surface area contributed by atoms with Crippen LogP contribution in [0.1, 0.15) is 29.1 Å². The van der Waals surface area contributed by atoms with Crippen molar-refractivity contribution in [2.24, 2.45) is 0 Å². The molecule has 3 aromatic heterocycles. The Morgan fingerprint density at radius 2 is 2.03 bits per heavy atom. The Hall–Kier alpha value is -2.62. The van der Waals surface area contributed by atoms with Gasteiger partial charge in [0.15, 0.2) is 11.3 Å². The van der Waals surface area contributed by atoms with E-state index in [1.165, 1.54) is 0 Å². The molecule has 5 rings (SSSR count). The lowest BCUT2D eigenvalue weighted by molar-refractivity contribution is -0.0694. The first-order valence-electron chi connectivity index (χ1n) is 10.5. The van der Waals surface area contributed by atoms with E-state index in [-0.39, 0.29) is 23.5 Å². The van der Waals surface area contributed by atoms with Gasteiger partial charge in [-0.25, -0.2) is 0 Å². The van der Waals surface area contributed by atoms with Crippen molar-refractivity contribution in [3.05, 3.63) is 54.3 Å². The lowest BCUT2D eigenvalue weighted by atomic mass is 10.1. The minimum absolute atomic E-state index is 0.159. The minimum atomic E-state index is -1.07. The highest BCUT2D eigenvalue weighted by atomic mass is 32.2. The lowest BCUT2D eigenvalue weighted by Gasteiger charge is -2.41. The van der Waals surface area contributed by atoms with Crippen LogP contribution in [0, 0.1) is 0 Å². The number of ether oxygens (including phenoxy) is 1. The van der Waals surface area contributed by atoms with Crippen LogP contribution in [0.15, 0.2) is 52.2 Å². The Balaban J connectivity index is 1.14. The van der Waals surface area contributed by atoms with Gasteiger partial charge in [0, 0.05) is 23.0 Å². The van der Waals surface area contributed by atoms with Crippen LogP contribution in [-0.2, 0) is 22.1 Å². The molecule has 2 aliphatic rings. The highest BCUT2D eigenvalue weighted by Crippen LogP contribution is 2.24. The second-order valence-corrected chi connectivity index (χ2v) is 9.65. The van der Waals surface area contributed by atoms with Gasteiger partial charge in [0.1, 0.15) is 0 Å². The summed E-state index contributed by atoms with van der Waals surface area (Å²) in [6.45, 7) is 3.86. The zero-order chi connectivity index (χ0) is 21.2. The van der Waals surface area contributed by atoms with Crippen molar-refractivity contribution in [1.82, 2.24) is 20.2 Å². The maximum absolute atomic E-state index is 12.9. The smallest absolute Gasteiger partial charge is 0.287 e. The Bertz CT molecular complexity index is 1060. The third-order valence-electron chi connectivity index (χ3n) is 5.92. The van der Waals surface area contributed by atoms with Crippen molar-refractivity contribution in [3.63, 3.8) is 0 Å². The molecule has 0 aromatic carbocycles. The number of fused-ring (bicyclic) bond motifs is 1. The molecule has 1 amide bonds. The van der Waals surface area contributed by atoms with Crippen LogP contribution in [0.5, 0.6) is 0 Å². The summed E-state index contributed by atoms with van der Waals surface area (Å²) in [6, 6.07) is 7.69. The number of likely N-dealkylation sites (tertiary alicyclic amines) is 1. The number of rotatable bonds is 6. The van der Waals surface area contributed by atoms with E-state index in [0.29, 0.717) is 17.3 Å². The Morgan fingerprint density at radius 3 is 2.71 bits per heavy atom. The second-order valence-electron chi connectivity index (χ2n) is 7.92. The van der Waals surface area contributed by atoms with E-state index in [2.05, 4.69) is 20.2 Å². The highest BCUT2D eigenvalue weighted by molar-refractivity contribution is 7.85. The van der Waals surface area contributed by atoms with E-state index in [1.54, 1.807) is 30.7 Å². The number of hydrogen-bond donors (Lipinski definition) is 1. The number of carbonyl (C=O) groups excluding carboxylic acids is 1. The number of aromatic nitrogens is 2. The molecule has 1 atom stereocenters. The molecule has 162 valence electrons. The number of hydrogen-bond acceptors (Lipinski definition) is 7. The maximum atomic E-state index is 12.9. The molecule has 0 radical (unpaired) electrons. The molecule has 1 unspecified atom stereocenters. The van der Waals surface area contributed by atoms with Gasteiger partial charge in [0.2, 0.25) is 0 Å². The van der Waals surface area contributed by atoms with E-state index in [0.717, 1.165) is 49.4 Å². The van der Waals surface area contributed by atoms with Crippen molar-refractivity contribution >= 4 is 27.7 Å². The molecule has 0 aliphatic carbocycles. The monoisotopic (exact) mass is 440 g/mol. The molecule has 0 bridgehead atoms. The summed E-state index contributed by atoms with van der Waals surface area (Å²) < 4.78 is 23.7. The van der Waals surface area contributed by atoms with Crippen LogP contribution >= 0.6 is 0 Å². The van der Waals surface area contributed by atoms with Gasteiger partial charge < -0.3 is 14.5 Å². The zero-order valence-corrected chi connectivity index (χ0v) is 17.8. The third-order valence-corrected chi connectivity index (χ3v) is 7.71. The minimum Gasteiger partial charge on any atom is -0.449 e. The lowest BCUT2D eigenvalue weighted by Crippen LogP contribution is -2.52. The van der Waals surface area contributed by atoms with Gasteiger partial charge in [-0.15, -0.1) is 0 Å². The number of amides is 1. The molecule has 8 nitrogen and oxygen atoms in total. The fourth-order valence-electron chi connectivity index (χ4n) is 3.97. The predicted octanol–water partition coefficient (Wildman–Crippen LogP) is 2.12. The van der Waals surface area contributed by atoms with Crippen molar-refractivity contribution in [2.75, 3.05) is 26.3 Å². The summed E-state index contributed by atoms with van der Waals surface area (Å²) in [5.74, 6) is -0.0743. The first-order valence-corrected chi connectivity index (χ1v) is 11.7. The van der Waals surface area contributed by atoms with E-state index < -0.39 is 10.8 Å². The summed E-state index contributed by atoms with van der Waals surface area (Å²) in [7, 11) is -1.07. The standard InChI is InChI=1S/C22H24N4O4S/c27-22(20-9-15-3-6-23-12-21(15)30-20)25-10-16-1-2-19(11-24-16)31(28)18-4-7-26(8-5-18)17-13-29-14-17/h1-3,6,9,11-12,17-18H,4-5,7-8,10,13-14H2,(H,25,27). The number of carbonyl (C=O) groups is 1. The molecule has 31 heavy (non-hydrogen) atoms. The third kappa shape index (κ3) is 4.39. The van der Waals surface area contributed by atoms with E-state index in [4.69, 9.17) is 9.15 Å². The van der Waals surface area contributed by atoms with Gasteiger partial charge in [-0.05, 0) is 50.2 Å². The van der Waals surface area contributed by atoms with Crippen molar-refractivity contribution < 1.29 is 18.2 Å². The van der Waals surface area contributed by atoms with Crippen LogP contribution in [0.3, 0.4) is 0 Å². The van der Waals surface area contributed by atoms with E-state index in [1.807, 2.05) is 12.1 Å². The van der Waals surface area contributed by atoms with Gasteiger partial charge in [0.25, 0.3) is 5.91 Å². The van der Waals surface area contributed by atoms with Crippen LogP contribution in [0.2, 0.25) is 0 Å². The first kappa shape index (κ1) is 20.3. The van der Waals surface area contributed by atoms with Crippen molar-refractivity contribution in [3.8, 4) is 0 Å². The molecular formula is C22H24N4O4S. The van der Waals surface area contributed by atoms with Crippen LogP contribution < -0.4 is 5.32 Å². The van der Waals surface area contributed by atoms with Crippen LogP contribution in [0.25, 0.3) is 11.0 Å². The number of furan rings is 1. The Labute approximate surface area is 182 Å². The van der Waals surface area contributed by atoms with E-state index >= 15 is 0 Å². The predicted molar refractivity (Wildman–Crippen MR) is 115 cm³/mol. The summed E-state index contributed by atoms with van der Waals surface area (Å²) in [5.41, 5.74) is 1.27. The topological polar surface area (TPSA) is 97.6 Å². The molecule has 2 aliphatic heterocycles. The molecule has 9 heteroatoms. The quantitative estimate of drug-likeness (QED) is 0.627. The second kappa shape index (κ2) is 8.86. The number of piperidine rings is 1. The Morgan fingerprint density at radius 1 is 1.19 bits per heavy atom. The average molecular weight is 441 g/mol. The molecule has 2 saturated heterocycles. The van der Waals surface area contributed by atoms with Gasteiger partial charge >= 0.3 is 0 Å². The molecule has 5 heterocycles. The summed E-state index contributed by atoms with van der Waals surface area (Å²) >= 11 is 0. The number of nitrogens with zero attached hydrogens (tertiary/aromatic N) is 3. The zero-order valence-electron chi connectivity index (χ0n) is 17.0. The first-order chi connectivity index (χ1) is 15.2. The highest BCUT2D eigenvalue weighted by Gasteiger charge is 2.31. The molecule has 0 spiro atoms. The SMILES string of the molecule is O=C(NCc1ccc(S(=O)C2CCN(C3COC3)CC2)cn1)c1cc2ccncc2o1. The fourth-order valence-corrected chi connectivity index (χ4v) is 5.35. The van der Waals surface area contributed by atoms with Crippen molar-refractivity contribution in [1.29, 1.82) is 0 Å². The van der Waals surface area contributed by atoms with Gasteiger partial charge in [-0.1, -0.05) is 0 Å². The fraction of sp³-hybridized carbons (Fsp3) is 0.409. The molecule has 1 N–H and O–H groups in total. The van der Waals surface area contributed by atoms with Crippen LogP contribution in [-0.4, -0.2) is 62.6 Å². The van der Waals surface area contributed by atoms with Gasteiger partial charge in [-0.2, -0.15) is 0 Å². The number of nitrogens with one attached hydrogen (secondary N) is 1. The van der Waals surface area contributed by atoms with Crippen LogP contribution in [0.4, 0.5) is 0 Å². The molecular weight excluding hydrogens is 416 g/mol. The molecule has 0 saturated carbocycles. The maximum Gasteiger partial charge on any atom is 0.287 e. The molecule has 2 fully saturated rings. The summed E-state index contributed by atoms with van der Waals surface area (Å²) in [4.78, 5) is 23.9. The average Bonchev–Trinajstić information content (AvgIpc) is 3.21. The van der Waals surface area contributed by atoms with Gasteiger partial charge in [0.05, 0.1) is 53.4 Å². The van der Waals surface area contributed by atoms with Crippen molar-refractivity contribution in [2.45, 2.75) is 35.6 Å². The summed E-state index contributed by atoms with van der Waals surface area (Å²) in [5, 5.41) is 3.80. The largest absolute Gasteiger partial charge is 0.449 e. The van der Waals surface area contributed by atoms with Gasteiger partial charge in [-0.3, -0.25) is 23.9 Å². The number of pyridine rings is 2.